The Morgan fingerprint density at radius 2 is 1.88 bits per heavy atom. The second-order valence-corrected chi connectivity index (χ2v) is 8.87. The molecule has 2 aliphatic carbocycles. The molecule has 4 rings (SSSR count). The third kappa shape index (κ3) is 3.14. The number of amides is 1. The molecule has 138 valence electrons. The largest absolute Gasteiger partial charge is 0.338 e. The predicted molar refractivity (Wildman–Crippen MR) is 95.5 cm³/mol. The van der Waals surface area contributed by atoms with Gasteiger partial charge in [0, 0.05) is 24.2 Å². The molecule has 0 unspecified atom stereocenters. The Kier molecular flexibility index (Phi) is 4.32. The van der Waals surface area contributed by atoms with Crippen LogP contribution < -0.4 is 5.32 Å². The van der Waals surface area contributed by atoms with Crippen LogP contribution in [0.1, 0.15) is 47.3 Å². The topological polar surface area (TPSA) is 92.5 Å². The van der Waals surface area contributed by atoms with Gasteiger partial charge in [-0.25, -0.2) is 8.42 Å². The van der Waals surface area contributed by atoms with Crippen LogP contribution >= 0.6 is 0 Å². The van der Waals surface area contributed by atoms with E-state index < -0.39 is 10.0 Å². The Hall–Kier alpha value is -2.19. The smallest absolute Gasteiger partial charge is 0.258 e. The number of nitrogens with one attached hydrogen (secondary N) is 1. The van der Waals surface area contributed by atoms with E-state index in [0.29, 0.717) is 11.4 Å². The highest BCUT2D eigenvalue weighted by Gasteiger charge is 2.35. The van der Waals surface area contributed by atoms with Crippen LogP contribution in [0.25, 0.3) is 0 Å². The SMILES string of the molecule is CN(C1CC1)S(=O)(=O)c1ccc(C(=O)Nc2onc3c2CCCC3)cc1. The van der Waals surface area contributed by atoms with E-state index in [9.17, 15) is 13.2 Å². The van der Waals surface area contributed by atoms with Crippen molar-refractivity contribution in [1.82, 2.24) is 9.46 Å². The molecule has 0 radical (unpaired) electrons. The summed E-state index contributed by atoms with van der Waals surface area (Å²) in [7, 11) is -1.91. The van der Waals surface area contributed by atoms with E-state index in [1.165, 1.54) is 28.6 Å². The first-order valence-electron chi connectivity index (χ1n) is 8.83. The quantitative estimate of drug-likeness (QED) is 0.867. The van der Waals surface area contributed by atoms with Crippen LogP contribution in [-0.4, -0.2) is 36.9 Å². The van der Waals surface area contributed by atoms with E-state index in [1.54, 1.807) is 7.05 Å². The Labute approximate surface area is 152 Å². The minimum Gasteiger partial charge on any atom is -0.338 e. The van der Waals surface area contributed by atoms with E-state index in [2.05, 4.69) is 10.5 Å². The van der Waals surface area contributed by atoms with Gasteiger partial charge in [-0.3, -0.25) is 10.1 Å². The number of carbonyl (C=O) groups is 1. The van der Waals surface area contributed by atoms with Crippen LogP contribution in [-0.2, 0) is 22.9 Å². The first kappa shape index (κ1) is 17.2. The van der Waals surface area contributed by atoms with Gasteiger partial charge in [-0.2, -0.15) is 4.31 Å². The molecule has 0 aliphatic heterocycles. The number of fused-ring (bicyclic) bond motifs is 1. The molecular weight excluding hydrogens is 354 g/mol. The maximum atomic E-state index is 12.5. The zero-order chi connectivity index (χ0) is 18.3. The number of anilines is 1. The minimum atomic E-state index is -3.51. The van der Waals surface area contributed by atoms with Gasteiger partial charge in [0.2, 0.25) is 15.9 Å². The summed E-state index contributed by atoms with van der Waals surface area (Å²) in [6.45, 7) is 0. The Balaban J connectivity index is 1.50. The predicted octanol–water partition coefficient (Wildman–Crippen LogP) is 2.59. The number of aryl methyl sites for hydroxylation is 1. The Bertz CT molecular complexity index is 930. The molecule has 0 atom stereocenters. The summed E-state index contributed by atoms with van der Waals surface area (Å²) in [4.78, 5) is 12.6. The Morgan fingerprint density at radius 3 is 2.58 bits per heavy atom. The maximum absolute atomic E-state index is 12.5. The standard InChI is InChI=1S/C18H21N3O4S/c1-21(13-8-9-13)26(23,24)14-10-6-12(7-11-14)17(22)19-18-15-4-2-3-5-16(15)20-25-18/h6-7,10-11,13H,2-5,8-9H2,1H3,(H,19,22). The lowest BCUT2D eigenvalue weighted by molar-refractivity contribution is 0.102. The summed E-state index contributed by atoms with van der Waals surface area (Å²) in [6.07, 6.45) is 5.65. The van der Waals surface area contributed by atoms with Crippen molar-refractivity contribution < 1.29 is 17.7 Å². The monoisotopic (exact) mass is 375 g/mol. The zero-order valence-electron chi connectivity index (χ0n) is 14.6. The van der Waals surface area contributed by atoms with E-state index >= 15 is 0 Å². The van der Waals surface area contributed by atoms with Crippen molar-refractivity contribution in [3.05, 3.63) is 41.1 Å². The molecule has 1 aromatic heterocycles. The molecule has 0 saturated heterocycles. The summed E-state index contributed by atoms with van der Waals surface area (Å²) in [5.41, 5.74) is 2.25. The average molecular weight is 375 g/mol. The molecule has 1 amide bonds. The molecule has 26 heavy (non-hydrogen) atoms. The molecule has 1 fully saturated rings. The molecular formula is C18H21N3O4S. The van der Waals surface area contributed by atoms with Crippen LogP contribution in [0.15, 0.2) is 33.7 Å². The summed E-state index contributed by atoms with van der Waals surface area (Å²) >= 11 is 0. The first-order chi connectivity index (χ1) is 12.5. The summed E-state index contributed by atoms with van der Waals surface area (Å²) in [5, 5.41) is 6.76. The van der Waals surface area contributed by atoms with Gasteiger partial charge < -0.3 is 4.52 Å². The fraction of sp³-hybridized carbons (Fsp3) is 0.444. The summed E-state index contributed by atoms with van der Waals surface area (Å²) < 4.78 is 31.7. The molecule has 8 heteroatoms. The van der Waals surface area contributed by atoms with Gasteiger partial charge in [-0.05, 0) is 62.8 Å². The first-order valence-corrected chi connectivity index (χ1v) is 10.3. The molecule has 2 aromatic rings. The van der Waals surface area contributed by atoms with Crippen LogP contribution in [0, 0.1) is 0 Å². The molecule has 0 spiro atoms. The number of rotatable bonds is 5. The number of nitrogens with zero attached hydrogens (tertiary/aromatic N) is 2. The maximum Gasteiger partial charge on any atom is 0.258 e. The number of aromatic nitrogens is 1. The van der Waals surface area contributed by atoms with Crippen LogP contribution in [0.2, 0.25) is 0 Å². The lowest BCUT2D eigenvalue weighted by Crippen LogP contribution is -2.29. The van der Waals surface area contributed by atoms with Gasteiger partial charge in [0.1, 0.15) is 0 Å². The second kappa shape index (κ2) is 6.51. The molecule has 1 saturated carbocycles. The van der Waals surface area contributed by atoms with Crippen molar-refractivity contribution in [1.29, 1.82) is 0 Å². The number of hydrogen-bond donors (Lipinski definition) is 1. The van der Waals surface area contributed by atoms with Gasteiger partial charge in [-0.1, -0.05) is 5.16 Å². The van der Waals surface area contributed by atoms with E-state index in [0.717, 1.165) is 49.8 Å². The normalized spacial score (nSPS) is 17.2. The zero-order valence-corrected chi connectivity index (χ0v) is 15.4. The van der Waals surface area contributed by atoms with Crippen molar-refractivity contribution in [2.45, 2.75) is 49.5 Å². The number of sulfonamides is 1. The highest BCUT2D eigenvalue weighted by Crippen LogP contribution is 2.31. The number of benzene rings is 1. The van der Waals surface area contributed by atoms with Crippen molar-refractivity contribution in [3.8, 4) is 0 Å². The number of hydrogen-bond acceptors (Lipinski definition) is 5. The van der Waals surface area contributed by atoms with Gasteiger partial charge in [0.25, 0.3) is 5.91 Å². The fourth-order valence-corrected chi connectivity index (χ4v) is 4.66. The van der Waals surface area contributed by atoms with Crippen molar-refractivity contribution in [3.63, 3.8) is 0 Å². The minimum absolute atomic E-state index is 0.0978. The summed E-state index contributed by atoms with van der Waals surface area (Å²) in [6, 6.07) is 6.08. The molecule has 7 nitrogen and oxygen atoms in total. The van der Waals surface area contributed by atoms with Crippen LogP contribution in [0.5, 0.6) is 0 Å². The molecule has 1 N–H and O–H groups in total. The second-order valence-electron chi connectivity index (χ2n) is 6.87. The third-order valence-corrected chi connectivity index (χ3v) is 6.97. The lowest BCUT2D eigenvalue weighted by Gasteiger charge is -2.16. The molecule has 0 bridgehead atoms. The Morgan fingerprint density at radius 1 is 1.19 bits per heavy atom. The third-order valence-electron chi connectivity index (χ3n) is 5.04. The highest BCUT2D eigenvalue weighted by atomic mass is 32.2. The van der Waals surface area contributed by atoms with Crippen LogP contribution in [0.4, 0.5) is 5.88 Å². The molecule has 1 heterocycles. The van der Waals surface area contributed by atoms with Crippen molar-refractivity contribution in [2.24, 2.45) is 0 Å². The van der Waals surface area contributed by atoms with Gasteiger partial charge >= 0.3 is 0 Å². The van der Waals surface area contributed by atoms with Crippen molar-refractivity contribution in [2.75, 3.05) is 12.4 Å². The van der Waals surface area contributed by atoms with E-state index in [4.69, 9.17) is 4.52 Å². The lowest BCUT2D eigenvalue weighted by atomic mass is 9.97. The summed E-state index contributed by atoms with van der Waals surface area (Å²) in [5.74, 6) is 0.0592. The van der Waals surface area contributed by atoms with Gasteiger partial charge in [0.15, 0.2) is 0 Å². The van der Waals surface area contributed by atoms with Crippen LogP contribution in [0.3, 0.4) is 0 Å². The van der Waals surface area contributed by atoms with E-state index in [-0.39, 0.29) is 16.8 Å². The highest BCUT2D eigenvalue weighted by molar-refractivity contribution is 7.89. The van der Waals surface area contributed by atoms with E-state index in [1.807, 2.05) is 0 Å². The van der Waals surface area contributed by atoms with Gasteiger partial charge in [-0.15, -0.1) is 0 Å². The fourth-order valence-electron chi connectivity index (χ4n) is 3.24. The van der Waals surface area contributed by atoms with Crippen molar-refractivity contribution >= 4 is 21.8 Å². The average Bonchev–Trinajstić information content (AvgIpc) is 3.43. The molecule has 1 aromatic carbocycles. The number of carbonyl (C=O) groups excluding carboxylic acids is 1. The molecule has 2 aliphatic rings. The van der Waals surface area contributed by atoms with Gasteiger partial charge in [0.05, 0.1) is 10.6 Å².